The summed E-state index contributed by atoms with van der Waals surface area (Å²) in [7, 11) is -3.78. The number of nitrogens with zero attached hydrogens (tertiary/aromatic N) is 1. The Hall–Kier alpha value is -1.16. The van der Waals surface area contributed by atoms with Gasteiger partial charge in [0.1, 0.15) is 10.1 Å². The van der Waals surface area contributed by atoms with Gasteiger partial charge in [0, 0.05) is 16.0 Å². The molecule has 1 N–H and O–H groups in total. The zero-order chi connectivity index (χ0) is 18.9. The summed E-state index contributed by atoms with van der Waals surface area (Å²) in [5.41, 5.74) is 1.21. The molecule has 0 saturated heterocycles. The lowest BCUT2D eigenvalue weighted by Crippen LogP contribution is -2.22. The third kappa shape index (κ3) is 4.57. The van der Waals surface area contributed by atoms with Gasteiger partial charge in [0.2, 0.25) is 5.91 Å². The first-order valence-corrected chi connectivity index (χ1v) is 11.4. The number of amides is 1. The summed E-state index contributed by atoms with van der Waals surface area (Å²) in [5.74, 6) is -1.38. The number of halogens is 3. The van der Waals surface area contributed by atoms with E-state index >= 15 is 0 Å². The smallest absolute Gasteiger partial charge is 0.241 e. The molecule has 0 aliphatic heterocycles. The van der Waals surface area contributed by atoms with Gasteiger partial charge in [-0.15, -0.1) is 22.7 Å². The molecule has 0 aliphatic carbocycles. The van der Waals surface area contributed by atoms with Crippen molar-refractivity contribution in [2.45, 2.75) is 4.90 Å². The molecule has 1 amide bonds. The van der Waals surface area contributed by atoms with E-state index < -0.39 is 21.5 Å². The Bertz CT molecular complexity index is 1060. The number of thiazole rings is 1. The first-order valence-electron chi connectivity index (χ1n) is 6.93. The van der Waals surface area contributed by atoms with Gasteiger partial charge in [-0.25, -0.2) is 13.4 Å². The van der Waals surface area contributed by atoms with Crippen molar-refractivity contribution in [3.8, 4) is 11.3 Å². The van der Waals surface area contributed by atoms with Crippen molar-refractivity contribution < 1.29 is 13.2 Å². The van der Waals surface area contributed by atoms with Crippen LogP contribution in [-0.2, 0) is 14.6 Å². The quantitative estimate of drug-likeness (QED) is 0.556. The van der Waals surface area contributed by atoms with E-state index in [0.29, 0.717) is 25.0 Å². The van der Waals surface area contributed by atoms with E-state index in [0.717, 1.165) is 11.3 Å². The van der Waals surface area contributed by atoms with Crippen molar-refractivity contribution in [3.05, 3.63) is 49.4 Å². The molecule has 26 heavy (non-hydrogen) atoms. The second-order valence-electron chi connectivity index (χ2n) is 5.04. The van der Waals surface area contributed by atoms with E-state index in [4.69, 9.17) is 34.8 Å². The average molecular weight is 468 g/mol. The molecule has 0 unspecified atom stereocenters. The predicted molar refractivity (Wildman–Crippen MR) is 108 cm³/mol. The van der Waals surface area contributed by atoms with E-state index in [2.05, 4.69) is 10.3 Å². The highest BCUT2D eigenvalue weighted by Crippen LogP contribution is 2.39. The molecule has 0 radical (unpaired) electrons. The van der Waals surface area contributed by atoms with Crippen LogP contribution in [0.5, 0.6) is 0 Å². The molecule has 1 aromatic carbocycles. The lowest BCUT2D eigenvalue weighted by molar-refractivity contribution is -0.113. The highest BCUT2D eigenvalue weighted by molar-refractivity contribution is 7.92. The Labute approximate surface area is 172 Å². The van der Waals surface area contributed by atoms with E-state index in [1.165, 1.54) is 35.6 Å². The fraction of sp³-hybridized carbons (Fsp3) is 0.0667. The summed E-state index contributed by atoms with van der Waals surface area (Å²) in [6.45, 7) is 0. The number of hydrogen-bond acceptors (Lipinski definition) is 6. The minimum atomic E-state index is -3.78. The first-order chi connectivity index (χ1) is 12.2. The SMILES string of the molecule is O=C(CS(=O)(=O)c1ccc(Cl)cc1)Nc1nc(-c2cc(Cl)sc2Cl)cs1. The van der Waals surface area contributed by atoms with Gasteiger partial charge in [0.25, 0.3) is 0 Å². The van der Waals surface area contributed by atoms with Gasteiger partial charge in [-0.05, 0) is 30.3 Å². The molecule has 2 aromatic heterocycles. The molecule has 2 heterocycles. The van der Waals surface area contributed by atoms with Crippen LogP contribution in [0.25, 0.3) is 11.3 Å². The monoisotopic (exact) mass is 466 g/mol. The highest BCUT2D eigenvalue weighted by atomic mass is 35.5. The van der Waals surface area contributed by atoms with Gasteiger partial charge in [-0.2, -0.15) is 0 Å². The summed E-state index contributed by atoms with van der Waals surface area (Å²) >= 11 is 20.1. The van der Waals surface area contributed by atoms with Crippen LogP contribution in [0.3, 0.4) is 0 Å². The minimum Gasteiger partial charge on any atom is -0.301 e. The molecule has 136 valence electrons. The fourth-order valence-corrected chi connectivity index (χ4v) is 5.49. The topological polar surface area (TPSA) is 76.1 Å². The maximum atomic E-state index is 12.3. The molecule has 0 saturated carbocycles. The average Bonchev–Trinajstić information content (AvgIpc) is 3.13. The van der Waals surface area contributed by atoms with Crippen molar-refractivity contribution in [2.24, 2.45) is 0 Å². The second-order valence-corrected chi connectivity index (χ2v) is 10.6. The summed E-state index contributed by atoms with van der Waals surface area (Å²) in [4.78, 5) is 16.4. The van der Waals surface area contributed by atoms with Crippen LogP contribution in [0.1, 0.15) is 0 Å². The number of nitrogens with one attached hydrogen (secondary N) is 1. The van der Waals surface area contributed by atoms with Crippen molar-refractivity contribution in [2.75, 3.05) is 11.1 Å². The molecule has 0 aliphatic rings. The lowest BCUT2D eigenvalue weighted by atomic mass is 10.3. The predicted octanol–water partition coefficient (Wildman–Crippen LogP) is 5.24. The Morgan fingerprint density at radius 1 is 1.15 bits per heavy atom. The number of aromatic nitrogens is 1. The zero-order valence-corrected chi connectivity index (χ0v) is 17.4. The van der Waals surface area contributed by atoms with E-state index in [1.807, 2.05) is 0 Å². The zero-order valence-electron chi connectivity index (χ0n) is 12.7. The highest BCUT2D eigenvalue weighted by Gasteiger charge is 2.20. The molecule has 0 fully saturated rings. The largest absolute Gasteiger partial charge is 0.301 e. The fourth-order valence-electron chi connectivity index (χ4n) is 2.02. The molecule has 0 bridgehead atoms. The number of carbonyl (C=O) groups is 1. The third-order valence-electron chi connectivity index (χ3n) is 3.18. The maximum absolute atomic E-state index is 12.3. The number of carbonyl (C=O) groups excluding carboxylic acids is 1. The summed E-state index contributed by atoms with van der Waals surface area (Å²) in [5, 5.41) is 4.87. The lowest BCUT2D eigenvalue weighted by Gasteiger charge is -2.04. The van der Waals surface area contributed by atoms with Crippen LogP contribution in [0.15, 0.2) is 40.6 Å². The van der Waals surface area contributed by atoms with Gasteiger partial charge >= 0.3 is 0 Å². The van der Waals surface area contributed by atoms with Gasteiger partial charge < -0.3 is 5.32 Å². The van der Waals surface area contributed by atoms with Crippen molar-refractivity contribution >= 4 is 78.4 Å². The summed E-state index contributed by atoms with van der Waals surface area (Å²) in [6, 6.07) is 7.30. The van der Waals surface area contributed by atoms with E-state index in [9.17, 15) is 13.2 Å². The maximum Gasteiger partial charge on any atom is 0.241 e. The Morgan fingerprint density at radius 2 is 1.85 bits per heavy atom. The van der Waals surface area contributed by atoms with Crippen LogP contribution in [-0.4, -0.2) is 25.1 Å². The number of anilines is 1. The molecule has 3 rings (SSSR count). The molecule has 5 nitrogen and oxygen atoms in total. The Balaban J connectivity index is 1.71. The molecule has 11 heteroatoms. The van der Waals surface area contributed by atoms with Gasteiger partial charge in [-0.3, -0.25) is 4.79 Å². The van der Waals surface area contributed by atoms with E-state index in [-0.39, 0.29) is 10.0 Å². The number of rotatable bonds is 5. The van der Waals surface area contributed by atoms with Gasteiger partial charge in [0.15, 0.2) is 15.0 Å². The summed E-state index contributed by atoms with van der Waals surface area (Å²) < 4.78 is 25.5. The minimum absolute atomic E-state index is 0.0246. The van der Waals surface area contributed by atoms with Crippen LogP contribution in [0.4, 0.5) is 5.13 Å². The van der Waals surface area contributed by atoms with Crippen LogP contribution < -0.4 is 5.32 Å². The van der Waals surface area contributed by atoms with Crippen molar-refractivity contribution in [1.29, 1.82) is 0 Å². The molecule has 0 atom stereocenters. The molecule has 0 spiro atoms. The molecular weight excluding hydrogens is 459 g/mol. The Kier molecular flexibility index (Phi) is 5.91. The third-order valence-corrected chi connectivity index (χ3v) is 7.31. The molecule has 3 aromatic rings. The van der Waals surface area contributed by atoms with Crippen LogP contribution in [0.2, 0.25) is 13.7 Å². The number of hydrogen-bond donors (Lipinski definition) is 1. The summed E-state index contributed by atoms with van der Waals surface area (Å²) in [6.07, 6.45) is 0. The first kappa shape index (κ1) is 19.6. The van der Waals surface area contributed by atoms with Crippen LogP contribution in [0, 0.1) is 0 Å². The Morgan fingerprint density at radius 3 is 2.46 bits per heavy atom. The normalized spacial score (nSPS) is 11.5. The number of benzene rings is 1. The standard InChI is InChI=1S/C15H9Cl3N2O3S3/c16-8-1-3-9(4-2-8)26(22,23)7-13(21)20-15-19-11(6-24-15)10-5-12(17)25-14(10)18/h1-6H,7H2,(H,19,20,21). The van der Waals surface area contributed by atoms with Gasteiger partial charge in [0.05, 0.1) is 14.9 Å². The number of sulfone groups is 1. The van der Waals surface area contributed by atoms with Gasteiger partial charge in [-0.1, -0.05) is 34.8 Å². The second kappa shape index (κ2) is 7.84. The van der Waals surface area contributed by atoms with Crippen LogP contribution >= 0.6 is 57.5 Å². The van der Waals surface area contributed by atoms with E-state index in [1.54, 1.807) is 11.4 Å². The number of thiophene rings is 1. The molecular formula is C15H9Cl3N2O3S3. The van der Waals surface area contributed by atoms with Crippen molar-refractivity contribution in [3.63, 3.8) is 0 Å². The van der Waals surface area contributed by atoms with Crippen molar-refractivity contribution in [1.82, 2.24) is 4.98 Å².